The van der Waals surface area contributed by atoms with Gasteiger partial charge in [0.2, 0.25) is 5.91 Å². The minimum Gasteiger partial charge on any atom is -0.357 e. The summed E-state index contributed by atoms with van der Waals surface area (Å²) in [7, 11) is 0. The quantitative estimate of drug-likeness (QED) is 0.882. The smallest absolute Gasteiger partial charge is 0.226 e. The van der Waals surface area contributed by atoms with Crippen LogP contribution in [0.3, 0.4) is 0 Å². The van der Waals surface area contributed by atoms with Crippen molar-refractivity contribution in [3.05, 3.63) is 35.3 Å². The third-order valence-corrected chi connectivity index (χ3v) is 4.42. The minimum atomic E-state index is -0.209. The third kappa shape index (κ3) is 2.67. The summed E-state index contributed by atoms with van der Waals surface area (Å²) < 4.78 is 14.1. The van der Waals surface area contributed by atoms with Gasteiger partial charge in [0.25, 0.3) is 0 Å². The van der Waals surface area contributed by atoms with E-state index in [4.69, 9.17) is 0 Å². The van der Waals surface area contributed by atoms with Crippen LogP contribution in [0, 0.1) is 11.2 Å². The fourth-order valence-corrected chi connectivity index (χ4v) is 2.50. The van der Waals surface area contributed by atoms with Gasteiger partial charge in [-0.2, -0.15) is 0 Å². The average molecular weight is 288 g/mol. The molecule has 0 radical (unpaired) electrons. The second-order valence-corrected chi connectivity index (χ2v) is 6.66. The van der Waals surface area contributed by atoms with Crippen molar-refractivity contribution in [2.75, 3.05) is 0 Å². The highest BCUT2D eigenvalue weighted by Gasteiger charge is 2.44. The highest BCUT2D eigenvalue weighted by atomic mass is 19.1. The molecule has 0 saturated heterocycles. The van der Waals surface area contributed by atoms with Crippen LogP contribution in [0.25, 0.3) is 10.9 Å². The standard InChI is InChI=1S/C17H21FN2O/c1-10(2)11-6-14(18)13-8-12(20-15(13)7-11)9-19-16(21)17(3)4-5-17/h6-8,10,20H,4-5,9H2,1-3H3,(H,19,21). The number of aromatic nitrogens is 1. The number of halogens is 1. The number of nitrogens with one attached hydrogen (secondary N) is 2. The topological polar surface area (TPSA) is 44.9 Å². The molecule has 1 saturated carbocycles. The van der Waals surface area contributed by atoms with Gasteiger partial charge in [-0.3, -0.25) is 4.79 Å². The molecular weight excluding hydrogens is 267 g/mol. The fraction of sp³-hybridized carbons (Fsp3) is 0.471. The molecular formula is C17H21FN2O. The van der Waals surface area contributed by atoms with Crippen molar-refractivity contribution in [1.29, 1.82) is 0 Å². The highest BCUT2D eigenvalue weighted by Crippen LogP contribution is 2.45. The summed E-state index contributed by atoms with van der Waals surface area (Å²) >= 11 is 0. The molecule has 0 bridgehead atoms. The summed E-state index contributed by atoms with van der Waals surface area (Å²) in [6.07, 6.45) is 1.91. The Morgan fingerprint density at radius 1 is 1.38 bits per heavy atom. The molecule has 0 aliphatic heterocycles. The van der Waals surface area contributed by atoms with Gasteiger partial charge in [-0.25, -0.2) is 4.39 Å². The highest BCUT2D eigenvalue weighted by molar-refractivity contribution is 5.85. The van der Waals surface area contributed by atoms with E-state index in [1.165, 1.54) is 0 Å². The Morgan fingerprint density at radius 3 is 2.71 bits per heavy atom. The van der Waals surface area contributed by atoms with Crippen molar-refractivity contribution in [2.45, 2.75) is 46.1 Å². The lowest BCUT2D eigenvalue weighted by atomic mass is 10.0. The predicted molar refractivity (Wildman–Crippen MR) is 81.5 cm³/mol. The van der Waals surface area contributed by atoms with Gasteiger partial charge >= 0.3 is 0 Å². The number of amides is 1. The molecule has 3 nitrogen and oxygen atoms in total. The Kier molecular flexibility index (Phi) is 3.27. The number of fused-ring (bicyclic) bond motifs is 1. The van der Waals surface area contributed by atoms with Crippen LogP contribution in [-0.4, -0.2) is 10.9 Å². The van der Waals surface area contributed by atoms with Crippen molar-refractivity contribution >= 4 is 16.8 Å². The van der Waals surface area contributed by atoms with Crippen LogP contribution in [-0.2, 0) is 11.3 Å². The van der Waals surface area contributed by atoms with Crippen LogP contribution in [0.5, 0.6) is 0 Å². The maximum atomic E-state index is 14.1. The first-order valence-corrected chi connectivity index (χ1v) is 7.48. The van der Waals surface area contributed by atoms with Crippen molar-refractivity contribution in [2.24, 2.45) is 5.41 Å². The molecule has 3 rings (SSSR count). The van der Waals surface area contributed by atoms with Crippen molar-refractivity contribution < 1.29 is 9.18 Å². The van der Waals surface area contributed by atoms with E-state index < -0.39 is 0 Å². The zero-order valence-electron chi connectivity index (χ0n) is 12.7. The lowest BCUT2D eigenvalue weighted by Crippen LogP contribution is -2.29. The molecule has 1 heterocycles. The number of hydrogen-bond acceptors (Lipinski definition) is 1. The SMILES string of the molecule is CC(C)c1cc(F)c2cc(CNC(=O)C3(C)CC3)[nH]c2c1. The van der Waals surface area contributed by atoms with Crippen molar-refractivity contribution in [1.82, 2.24) is 10.3 Å². The van der Waals surface area contributed by atoms with E-state index in [1.54, 1.807) is 12.1 Å². The Morgan fingerprint density at radius 2 is 2.10 bits per heavy atom. The van der Waals surface area contributed by atoms with Crippen LogP contribution in [0.15, 0.2) is 18.2 Å². The van der Waals surface area contributed by atoms with Gasteiger partial charge in [-0.1, -0.05) is 20.8 Å². The summed E-state index contributed by atoms with van der Waals surface area (Å²) in [5.74, 6) is 0.161. The first-order valence-electron chi connectivity index (χ1n) is 7.48. The van der Waals surface area contributed by atoms with Crippen LogP contribution in [0.2, 0.25) is 0 Å². The number of hydrogen-bond donors (Lipinski definition) is 2. The Hall–Kier alpha value is -1.84. The largest absolute Gasteiger partial charge is 0.357 e. The Labute approximate surface area is 123 Å². The molecule has 112 valence electrons. The van der Waals surface area contributed by atoms with E-state index >= 15 is 0 Å². The Balaban J connectivity index is 1.80. The normalized spacial score (nSPS) is 16.4. The first-order chi connectivity index (χ1) is 9.89. The van der Waals surface area contributed by atoms with Gasteiger partial charge in [-0.15, -0.1) is 0 Å². The fourth-order valence-electron chi connectivity index (χ4n) is 2.50. The van der Waals surface area contributed by atoms with E-state index in [9.17, 15) is 9.18 Å². The van der Waals surface area contributed by atoms with Crippen LogP contribution in [0.1, 0.15) is 50.8 Å². The average Bonchev–Trinajstić information content (AvgIpc) is 3.03. The molecule has 0 unspecified atom stereocenters. The van der Waals surface area contributed by atoms with Crippen molar-refractivity contribution in [3.63, 3.8) is 0 Å². The number of benzene rings is 1. The molecule has 1 aromatic heterocycles. The van der Waals surface area contributed by atoms with Crippen molar-refractivity contribution in [3.8, 4) is 0 Å². The van der Waals surface area contributed by atoms with Crippen LogP contribution < -0.4 is 5.32 Å². The number of rotatable bonds is 4. The molecule has 1 aromatic carbocycles. The summed E-state index contributed by atoms with van der Waals surface area (Å²) in [6.45, 7) is 6.48. The summed E-state index contributed by atoms with van der Waals surface area (Å²) in [6, 6.07) is 5.36. The molecule has 21 heavy (non-hydrogen) atoms. The van der Waals surface area contributed by atoms with E-state index in [-0.39, 0.29) is 23.1 Å². The van der Waals surface area contributed by atoms with Gasteiger partial charge < -0.3 is 10.3 Å². The predicted octanol–water partition coefficient (Wildman–Crippen LogP) is 3.85. The molecule has 1 aliphatic rings. The molecule has 1 fully saturated rings. The van der Waals surface area contributed by atoms with Gasteiger partial charge in [0.05, 0.1) is 6.54 Å². The molecule has 0 spiro atoms. The number of H-pyrrole nitrogens is 1. The molecule has 2 aromatic rings. The second kappa shape index (κ2) is 4.86. The monoisotopic (exact) mass is 288 g/mol. The molecule has 1 amide bonds. The summed E-state index contributed by atoms with van der Waals surface area (Å²) in [4.78, 5) is 15.1. The Bertz CT molecular complexity index is 698. The lowest BCUT2D eigenvalue weighted by Gasteiger charge is -2.08. The third-order valence-electron chi connectivity index (χ3n) is 4.42. The van der Waals surface area contributed by atoms with Gasteiger partial charge in [0.15, 0.2) is 0 Å². The number of carbonyl (C=O) groups excluding carboxylic acids is 1. The maximum Gasteiger partial charge on any atom is 0.226 e. The number of carbonyl (C=O) groups is 1. The van der Waals surface area contributed by atoms with E-state index in [1.807, 2.05) is 26.8 Å². The molecule has 2 N–H and O–H groups in total. The van der Waals surface area contributed by atoms with Gasteiger partial charge in [0.1, 0.15) is 5.82 Å². The van der Waals surface area contributed by atoms with Crippen LogP contribution >= 0.6 is 0 Å². The number of aromatic amines is 1. The minimum absolute atomic E-state index is 0.0875. The van der Waals surface area contributed by atoms with E-state index in [0.717, 1.165) is 29.6 Å². The maximum absolute atomic E-state index is 14.1. The lowest BCUT2D eigenvalue weighted by molar-refractivity contribution is -0.125. The summed E-state index contributed by atoms with van der Waals surface area (Å²) in [5.41, 5.74) is 2.42. The molecule has 0 atom stereocenters. The second-order valence-electron chi connectivity index (χ2n) is 6.66. The first kappa shape index (κ1) is 14.1. The molecule has 1 aliphatic carbocycles. The van der Waals surface area contributed by atoms with Gasteiger partial charge in [0, 0.05) is 22.0 Å². The summed E-state index contributed by atoms with van der Waals surface area (Å²) in [5, 5.41) is 3.51. The van der Waals surface area contributed by atoms with E-state index in [0.29, 0.717) is 11.9 Å². The van der Waals surface area contributed by atoms with Crippen LogP contribution in [0.4, 0.5) is 4.39 Å². The zero-order chi connectivity index (χ0) is 15.2. The van der Waals surface area contributed by atoms with E-state index in [2.05, 4.69) is 10.3 Å². The van der Waals surface area contributed by atoms with Gasteiger partial charge in [-0.05, 0) is 42.5 Å². The molecule has 4 heteroatoms. The zero-order valence-corrected chi connectivity index (χ0v) is 12.7.